The number of nitrogens with one attached hydrogen (secondary N) is 1. The van der Waals surface area contributed by atoms with Crippen molar-refractivity contribution in [3.8, 4) is 0 Å². The third kappa shape index (κ3) is 4.89. The molecule has 0 bridgehead atoms. The second kappa shape index (κ2) is 9.25. The van der Waals surface area contributed by atoms with Gasteiger partial charge in [-0.3, -0.25) is 4.79 Å². The minimum atomic E-state index is -0.00637. The van der Waals surface area contributed by atoms with Crippen molar-refractivity contribution in [1.82, 2.24) is 4.98 Å². The van der Waals surface area contributed by atoms with Gasteiger partial charge in [0.25, 0.3) is 0 Å². The van der Waals surface area contributed by atoms with Crippen molar-refractivity contribution >= 4 is 62.1 Å². The molecular formula is C25H19BrClNOS. The van der Waals surface area contributed by atoms with Gasteiger partial charge in [0.15, 0.2) is 5.78 Å². The van der Waals surface area contributed by atoms with Crippen LogP contribution in [0.4, 0.5) is 0 Å². The van der Waals surface area contributed by atoms with Crippen LogP contribution in [0.2, 0.25) is 5.02 Å². The molecule has 0 aliphatic heterocycles. The first-order valence-electron chi connectivity index (χ1n) is 9.46. The zero-order chi connectivity index (χ0) is 21.1. The predicted molar refractivity (Wildman–Crippen MR) is 132 cm³/mol. The SMILES string of the molecule is Cc1ccc(CSC(=Cc2c[nH]c3ccc(Br)cc23)C(=O)c2ccc(Cl)cc2)cc1. The molecule has 1 heterocycles. The Kier molecular flexibility index (Phi) is 6.47. The van der Waals surface area contributed by atoms with E-state index < -0.39 is 0 Å². The van der Waals surface area contributed by atoms with E-state index >= 15 is 0 Å². The van der Waals surface area contributed by atoms with Crippen molar-refractivity contribution in [3.63, 3.8) is 0 Å². The van der Waals surface area contributed by atoms with Crippen LogP contribution >= 0.6 is 39.3 Å². The van der Waals surface area contributed by atoms with Gasteiger partial charge in [-0.1, -0.05) is 57.4 Å². The number of benzene rings is 3. The zero-order valence-electron chi connectivity index (χ0n) is 16.3. The van der Waals surface area contributed by atoms with Gasteiger partial charge < -0.3 is 4.98 Å². The summed E-state index contributed by atoms with van der Waals surface area (Å²) in [7, 11) is 0. The largest absolute Gasteiger partial charge is 0.361 e. The number of ketones is 1. The molecule has 4 aromatic rings. The number of Topliss-reactive ketones (excluding diaryl/α,β-unsaturated/α-hetero) is 1. The molecule has 30 heavy (non-hydrogen) atoms. The summed E-state index contributed by atoms with van der Waals surface area (Å²) < 4.78 is 1.00. The fourth-order valence-corrected chi connectivity index (χ4v) is 4.60. The first kappa shape index (κ1) is 21.0. The Morgan fingerprint density at radius 3 is 2.53 bits per heavy atom. The second-order valence-electron chi connectivity index (χ2n) is 7.05. The number of allylic oxidation sites excluding steroid dienone is 1. The van der Waals surface area contributed by atoms with Crippen molar-refractivity contribution in [2.75, 3.05) is 0 Å². The number of carbonyl (C=O) groups excluding carboxylic acids is 1. The van der Waals surface area contributed by atoms with E-state index in [0.717, 1.165) is 26.7 Å². The third-order valence-corrected chi connectivity index (χ3v) is 6.64. The summed E-state index contributed by atoms with van der Waals surface area (Å²) in [5.74, 6) is 0.713. The van der Waals surface area contributed by atoms with E-state index in [1.54, 1.807) is 36.0 Å². The highest BCUT2D eigenvalue weighted by Gasteiger charge is 2.15. The van der Waals surface area contributed by atoms with Crippen molar-refractivity contribution in [1.29, 1.82) is 0 Å². The van der Waals surface area contributed by atoms with Gasteiger partial charge in [-0.25, -0.2) is 0 Å². The van der Waals surface area contributed by atoms with E-state index in [2.05, 4.69) is 58.2 Å². The Morgan fingerprint density at radius 1 is 1.07 bits per heavy atom. The van der Waals surface area contributed by atoms with Gasteiger partial charge >= 0.3 is 0 Å². The lowest BCUT2D eigenvalue weighted by atomic mass is 10.1. The van der Waals surface area contributed by atoms with E-state index in [9.17, 15) is 4.79 Å². The number of hydrogen-bond acceptors (Lipinski definition) is 2. The van der Waals surface area contributed by atoms with Gasteiger partial charge in [-0.2, -0.15) is 0 Å². The normalized spacial score (nSPS) is 11.8. The Morgan fingerprint density at radius 2 is 1.80 bits per heavy atom. The molecule has 0 radical (unpaired) electrons. The fourth-order valence-electron chi connectivity index (χ4n) is 3.14. The summed E-state index contributed by atoms with van der Waals surface area (Å²) in [6.45, 7) is 2.07. The summed E-state index contributed by atoms with van der Waals surface area (Å²) in [6, 6.07) is 21.5. The molecular weight excluding hydrogens is 478 g/mol. The first-order chi connectivity index (χ1) is 14.5. The van der Waals surface area contributed by atoms with Crippen LogP contribution in [0.1, 0.15) is 27.0 Å². The molecule has 1 N–H and O–H groups in total. The highest BCUT2D eigenvalue weighted by Crippen LogP contribution is 2.31. The Bertz CT molecular complexity index is 1230. The monoisotopic (exact) mass is 495 g/mol. The molecule has 0 aliphatic carbocycles. The van der Waals surface area contributed by atoms with Gasteiger partial charge in [0, 0.05) is 43.5 Å². The highest BCUT2D eigenvalue weighted by atomic mass is 79.9. The maximum Gasteiger partial charge on any atom is 0.199 e. The molecule has 150 valence electrons. The van der Waals surface area contributed by atoms with E-state index in [-0.39, 0.29) is 5.78 Å². The van der Waals surface area contributed by atoms with E-state index in [4.69, 9.17) is 11.6 Å². The van der Waals surface area contributed by atoms with Crippen LogP contribution in [0.3, 0.4) is 0 Å². The Balaban J connectivity index is 1.70. The van der Waals surface area contributed by atoms with Gasteiger partial charge in [0.1, 0.15) is 0 Å². The predicted octanol–water partition coefficient (Wildman–Crippen LogP) is 8.05. The summed E-state index contributed by atoms with van der Waals surface area (Å²) >= 11 is 11.1. The van der Waals surface area contributed by atoms with Crippen LogP contribution in [0.25, 0.3) is 17.0 Å². The van der Waals surface area contributed by atoms with Crippen LogP contribution in [0, 0.1) is 6.92 Å². The topological polar surface area (TPSA) is 32.9 Å². The maximum absolute atomic E-state index is 13.3. The maximum atomic E-state index is 13.3. The lowest BCUT2D eigenvalue weighted by Gasteiger charge is -2.08. The van der Waals surface area contributed by atoms with Crippen molar-refractivity contribution < 1.29 is 4.79 Å². The van der Waals surface area contributed by atoms with Gasteiger partial charge in [0.2, 0.25) is 0 Å². The second-order valence-corrected chi connectivity index (χ2v) is 9.42. The molecule has 0 unspecified atom stereocenters. The third-order valence-electron chi connectivity index (χ3n) is 4.81. The number of H-pyrrole nitrogens is 1. The van der Waals surface area contributed by atoms with Crippen LogP contribution in [0.5, 0.6) is 0 Å². The van der Waals surface area contributed by atoms with E-state index in [0.29, 0.717) is 15.5 Å². The zero-order valence-corrected chi connectivity index (χ0v) is 19.4. The number of fused-ring (bicyclic) bond motifs is 1. The number of aryl methyl sites for hydroxylation is 1. The molecule has 0 saturated carbocycles. The Hall–Kier alpha value is -2.27. The minimum Gasteiger partial charge on any atom is -0.361 e. The first-order valence-corrected chi connectivity index (χ1v) is 11.6. The number of carbonyl (C=O) groups is 1. The molecule has 5 heteroatoms. The fraction of sp³-hybridized carbons (Fsp3) is 0.0800. The molecule has 2 nitrogen and oxygen atoms in total. The van der Waals surface area contributed by atoms with Crippen LogP contribution in [-0.2, 0) is 5.75 Å². The van der Waals surface area contributed by atoms with Crippen LogP contribution < -0.4 is 0 Å². The number of halogens is 2. The molecule has 0 saturated heterocycles. The van der Waals surface area contributed by atoms with Crippen molar-refractivity contribution in [2.24, 2.45) is 0 Å². The van der Waals surface area contributed by atoms with E-state index in [1.807, 2.05) is 24.4 Å². The lowest BCUT2D eigenvalue weighted by Crippen LogP contribution is -2.01. The van der Waals surface area contributed by atoms with Gasteiger partial charge in [0.05, 0.1) is 4.91 Å². The standard InChI is InChI=1S/C25H19BrClNOS/c1-16-2-4-17(5-3-16)15-30-24(25(29)18-6-9-21(27)10-7-18)12-19-14-28-23-11-8-20(26)13-22(19)23/h2-14,28H,15H2,1H3. The lowest BCUT2D eigenvalue weighted by molar-refractivity contribution is 0.104. The molecule has 1 aromatic heterocycles. The van der Waals surface area contributed by atoms with Crippen LogP contribution in [0.15, 0.2) is 82.3 Å². The molecule has 0 spiro atoms. The molecule has 0 aliphatic rings. The number of thioether (sulfide) groups is 1. The molecule has 0 fully saturated rings. The minimum absolute atomic E-state index is 0.00637. The number of rotatable bonds is 6. The van der Waals surface area contributed by atoms with Crippen molar-refractivity contribution in [3.05, 3.63) is 110 Å². The summed E-state index contributed by atoms with van der Waals surface area (Å²) in [4.78, 5) is 17.3. The molecule has 4 rings (SSSR count). The molecule has 0 atom stereocenters. The average molecular weight is 497 g/mol. The average Bonchev–Trinajstić information content (AvgIpc) is 3.14. The number of aromatic amines is 1. The van der Waals surface area contributed by atoms with Crippen molar-refractivity contribution in [2.45, 2.75) is 12.7 Å². The highest BCUT2D eigenvalue weighted by molar-refractivity contribution is 9.10. The number of aromatic nitrogens is 1. The summed E-state index contributed by atoms with van der Waals surface area (Å²) in [5, 5.41) is 1.69. The quantitative estimate of drug-likeness (QED) is 0.216. The smallest absolute Gasteiger partial charge is 0.199 e. The number of hydrogen-bond donors (Lipinski definition) is 1. The summed E-state index contributed by atoms with van der Waals surface area (Å²) in [6.07, 6.45) is 3.92. The van der Waals surface area contributed by atoms with E-state index in [1.165, 1.54) is 11.1 Å². The van der Waals surface area contributed by atoms with Gasteiger partial charge in [-0.05, 0) is 61.0 Å². The molecule has 0 amide bonds. The van der Waals surface area contributed by atoms with Gasteiger partial charge in [-0.15, -0.1) is 11.8 Å². The Labute approximate surface area is 193 Å². The summed E-state index contributed by atoms with van der Waals surface area (Å²) in [5.41, 5.74) is 5.05. The van der Waals surface area contributed by atoms with Crippen LogP contribution in [-0.4, -0.2) is 10.8 Å². The molecule has 3 aromatic carbocycles.